The molecule has 3 rings (SSSR count). The van der Waals surface area contributed by atoms with E-state index in [0.29, 0.717) is 13.0 Å². The Kier molecular flexibility index (Phi) is 3.72. The summed E-state index contributed by atoms with van der Waals surface area (Å²) in [7, 11) is 0. The molecule has 1 aliphatic carbocycles. The monoisotopic (exact) mass is 286 g/mol. The summed E-state index contributed by atoms with van der Waals surface area (Å²) in [6, 6.07) is 6.21. The van der Waals surface area contributed by atoms with Gasteiger partial charge >= 0.3 is 0 Å². The number of nitrogens with one attached hydrogen (secondary N) is 2. The van der Waals surface area contributed by atoms with E-state index in [2.05, 4.69) is 29.4 Å². The molecule has 4 nitrogen and oxygen atoms in total. The lowest BCUT2D eigenvalue weighted by Crippen LogP contribution is -2.32. The number of rotatable bonds is 6. The number of aliphatic hydroxyl groups excluding tert-OH is 1. The zero-order valence-electron chi connectivity index (χ0n) is 12.4. The molecule has 0 aliphatic heterocycles. The van der Waals surface area contributed by atoms with Crippen molar-refractivity contribution in [2.45, 2.75) is 32.6 Å². The van der Waals surface area contributed by atoms with Crippen molar-refractivity contribution in [3.05, 3.63) is 35.5 Å². The Morgan fingerprint density at radius 3 is 2.86 bits per heavy atom. The summed E-state index contributed by atoms with van der Waals surface area (Å²) in [4.78, 5) is 15.4. The third-order valence-corrected chi connectivity index (χ3v) is 4.57. The lowest BCUT2D eigenvalue weighted by molar-refractivity contribution is -0.120. The number of amides is 1. The Hall–Kier alpha value is -1.81. The molecule has 1 saturated carbocycles. The number of aromatic nitrogens is 1. The summed E-state index contributed by atoms with van der Waals surface area (Å²) in [6.45, 7) is 2.89. The molecular weight excluding hydrogens is 264 g/mol. The number of carbonyl (C=O) groups is 1. The van der Waals surface area contributed by atoms with Gasteiger partial charge in [0, 0.05) is 29.1 Å². The van der Waals surface area contributed by atoms with E-state index in [1.807, 2.05) is 12.3 Å². The molecule has 1 amide bonds. The molecule has 0 atom stereocenters. The number of hydrogen-bond acceptors (Lipinski definition) is 2. The van der Waals surface area contributed by atoms with Gasteiger partial charge in [-0.3, -0.25) is 4.79 Å². The quantitative estimate of drug-likeness (QED) is 0.762. The van der Waals surface area contributed by atoms with Gasteiger partial charge in [0.1, 0.15) is 0 Å². The molecule has 3 N–H and O–H groups in total. The van der Waals surface area contributed by atoms with E-state index in [4.69, 9.17) is 0 Å². The third kappa shape index (κ3) is 2.81. The van der Waals surface area contributed by atoms with E-state index in [1.54, 1.807) is 0 Å². The second-order valence-electron chi connectivity index (χ2n) is 6.12. The van der Waals surface area contributed by atoms with E-state index in [1.165, 1.54) is 5.56 Å². The lowest BCUT2D eigenvalue weighted by atomic mass is 10.0. The van der Waals surface area contributed by atoms with Crippen LogP contribution in [0.15, 0.2) is 24.4 Å². The summed E-state index contributed by atoms with van der Waals surface area (Å²) < 4.78 is 0. The highest BCUT2D eigenvalue weighted by atomic mass is 16.3. The summed E-state index contributed by atoms with van der Waals surface area (Å²) in [6.07, 6.45) is 5.31. The van der Waals surface area contributed by atoms with Crippen molar-refractivity contribution in [2.24, 2.45) is 5.41 Å². The van der Waals surface area contributed by atoms with Gasteiger partial charge in [-0.2, -0.15) is 0 Å². The predicted molar refractivity (Wildman–Crippen MR) is 83.1 cm³/mol. The lowest BCUT2D eigenvalue weighted by Gasteiger charge is -2.12. The van der Waals surface area contributed by atoms with E-state index in [0.717, 1.165) is 35.7 Å². The van der Waals surface area contributed by atoms with Crippen molar-refractivity contribution in [3.63, 3.8) is 0 Å². The maximum absolute atomic E-state index is 12.1. The molecule has 21 heavy (non-hydrogen) atoms. The number of hydrogen-bond donors (Lipinski definition) is 3. The van der Waals surface area contributed by atoms with Gasteiger partial charge in [-0.15, -0.1) is 0 Å². The molecule has 1 aromatic carbocycles. The zero-order valence-corrected chi connectivity index (χ0v) is 12.4. The zero-order chi connectivity index (χ0) is 14.9. The van der Waals surface area contributed by atoms with Crippen molar-refractivity contribution >= 4 is 16.8 Å². The Morgan fingerprint density at radius 2 is 2.19 bits per heavy atom. The second-order valence-corrected chi connectivity index (χ2v) is 6.12. The number of carbonyl (C=O) groups excluding carboxylic acids is 1. The Morgan fingerprint density at radius 1 is 1.38 bits per heavy atom. The highest BCUT2D eigenvalue weighted by molar-refractivity contribution is 5.90. The van der Waals surface area contributed by atoms with Gasteiger partial charge in [0.15, 0.2) is 0 Å². The first kappa shape index (κ1) is 14.1. The van der Waals surface area contributed by atoms with Crippen LogP contribution in [0.1, 0.15) is 30.9 Å². The molecule has 0 saturated heterocycles. The maximum Gasteiger partial charge on any atom is 0.224 e. The fourth-order valence-electron chi connectivity index (χ4n) is 2.81. The van der Waals surface area contributed by atoms with Crippen LogP contribution in [-0.4, -0.2) is 29.1 Å². The number of para-hydroxylation sites is 1. The molecule has 0 radical (unpaired) electrons. The Labute approximate surface area is 124 Å². The molecule has 112 valence electrons. The highest BCUT2D eigenvalue weighted by Crippen LogP contribution is 2.44. The number of H-pyrrole nitrogens is 1. The Balaban J connectivity index is 1.69. The van der Waals surface area contributed by atoms with Crippen molar-refractivity contribution in [2.75, 3.05) is 13.2 Å². The SMILES string of the molecule is CCc1cccc2c(CC(=O)NCC3(CO)CC3)c[nH]c12. The number of aliphatic hydroxyl groups is 1. The van der Waals surface area contributed by atoms with E-state index >= 15 is 0 Å². The normalized spacial score (nSPS) is 16.1. The fraction of sp³-hybridized carbons (Fsp3) is 0.471. The van der Waals surface area contributed by atoms with Gasteiger partial charge in [-0.25, -0.2) is 0 Å². The first-order chi connectivity index (χ1) is 10.2. The number of aromatic amines is 1. The highest BCUT2D eigenvalue weighted by Gasteiger charge is 2.42. The second kappa shape index (κ2) is 5.53. The topological polar surface area (TPSA) is 65.1 Å². The first-order valence-electron chi connectivity index (χ1n) is 7.63. The molecule has 2 aromatic rings. The minimum Gasteiger partial charge on any atom is -0.396 e. The molecular formula is C17H22N2O2. The molecule has 1 heterocycles. The summed E-state index contributed by atoms with van der Waals surface area (Å²) in [5.74, 6) is 0.0255. The van der Waals surface area contributed by atoms with Crippen LogP contribution in [0.5, 0.6) is 0 Å². The van der Waals surface area contributed by atoms with Gasteiger partial charge < -0.3 is 15.4 Å². The average Bonchev–Trinajstić information content (AvgIpc) is 3.20. The number of aryl methyl sites for hydroxylation is 1. The summed E-state index contributed by atoms with van der Waals surface area (Å²) in [5.41, 5.74) is 3.41. The largest absolute Gasteiger partial charge is 0.396 e. The van der Waals surface area contributed by atoms with Crippen LogP contribution in [0, 0.1) is 5.41 Å². The van der Waals surface area contributed by atoms with Crippen LogP contribution >= 0.6 is 0 Å². The van der Waals surface area contributed by atoms with Crippen LogP contribution in [0.3, 0.4) is 0 Å². The summed E-state index contributed by atoms with van der Waals surface area (Å²) >= 11 is 0. The van der Waals surface area contributed by atoms with Crippen LogP contribution in [-0.2, 0) is 17.6 Å². The van der Waals surface area contributed by atoms with E-state index in [9.17, 15) is 9.90 Å². The molecule has 0 unspecified atom stereocenters. The van der Waals surface area contributed by atoms with Gasteiger partial charge in [0.25, 0.3) is 0 Å². The molecule has 1 aromatic heterocycles. The fourth-order valence-corrected chi connectivity index (χ4v) is 2.81. The van der Waals surface area contributed by atoms with Gasteiger partial charge in [0.05, 0.1) is 13.0 Å². The molecule has 4 heteroatoms. The third-order valence-electron chi connectivity index (χ3n) is 4.57. The Bertz CT molecular complexity index is 656. The van der Waals surface area contributed by atoms with E-state index in [-0.39, 0.29) is 17.9 Å². The van der Waals surface area contributed by atoms with Crippen LogP contribution in [0.4, 0.5) is 0 Å². The molecule has 0 bridgehead atoms. The smallest absolute Gasteiger partial charge is 0.224 e. The minimum absolute atomic E-state index is 0.0255. The summed E-state index contributed by atoms with van der Waals surface area (Å²) in [5, 5.41) is 13.4. The van der Waals surface area contributed by atoms with Crippen LogP contribution < -0.4 is 5.32 Å². The van der Waals surface area contributed by atoms with Gasteiger partial charge in [-0.05, 0) is 30.4 Å². The van der Waals surface area contributed by atoms with Gasteiger partial charge in [0.2, 0.25) is 5.91 Å². The van der Waals surface area contributed by atoms with Crippen molar-refractivity contribution in [3.8, 4) is 0 Å². The maximum atomic E-state index is 12.1. The minimum atomic E-state index is -0.0365. The van der Waals surface area contributed by atoms with E-state index < -0.39 is 0 Å². The van der Waals surface area contributed by atoms with Crippen molar-refractivity contribution in [1.29, 1.82) is 0 Å². The molecule has 0 spiro atoms. The van der Waals surface area contributed by atoms with Crippen LogP contribution in [0.25, 0.3) is 10.9 Å². The molecule has 1 aliphatic rings. The predicted octanol–water partition coefficient (Wildman–Crippen LogP) is 2.16. The van der Waals surface area contributed by atoms with Crippen LogP contribution in [0.2, 0.25) is 0 Å². The number of fused-ring (bicyclic) bond motifs is 1. The van der Waals surface area contributed by atoms with Gasteiger partial charge in [-0.1, -0.05) is 25.1 Å². The first-order valence-corrected chi connectivity index (χ1v) is 7.63. The average molecular weight is 286 g/mol. The van der Waals surface area contributed by atoms with Crippen molar-refractivity contribution < 1.29 is 9.90 Å². The molecule has 1 fully saturated rings. The number of benzene rings is 1. The standard InChI is InChI=1S/C17H22N2O2/c1-2-12-4-3-5-14-13(9-18-16(12)14)8-15(21)19-10-17(11-20)6-7-17/h3-5,9,18,20H,2,6-8,10-11H2,1H3,(H,19,21). The van der Waals surface area contributed by atoms with Crippen molar-refractivity contribution in [1.82, 2.24) is 10.3 Å².